The van der Waals surface area contributed by atoms with Crippen LogP contribution < -0.4 is 0 Å². The molecule has 0 aliphatic carbocycles. The Kier molecular flexibility index (Phi) is 4.83. The highest BCUT2D eigenvalue weighted by molar-refractivity contribution is 6.21. The molecule has 5 heteroatoms. The molecule has 1 saturated heterocycles. The molecule has 0 aromatic heterocycles. The van der Waals surface area contributed by atoms with Crippen molar-refractivity contribution in [1.82, 2.24) is 0 Å². The lowest BCUT2D eigenvalue weighted by Gasteiger charge is -2.36. The van der Waals surface area contributed by atoms with Crippen molar-refractivity contribution in [2.45, 2.75) is 50.6 Å². The van der Waals surface area contributed by atoms with Crippen LogP contribution in [0.1, 0.15) is 26.7 Å². The van der Waals surface area contributed by atoms with Crippen molar-refractivity contribution in [2.24, 2.45) is 0 Å². The smallest absolute Gasteiger partial charge is 0.305 e. The summed E-state index contributed by atoms with van der Waals surface area (Å²) in [5.74, 6) is -0.253. The van der Waals surface area contributed by atoms with Crippen molar-refractivity contribution in [3.05, 3.63) is 0 Å². The fourth-order valence-corrected chi connectivity index (χ4v) is 1.94. The number of hydrogen-bond acceptors (Lipinski definition) is 4. The summed E-state index contributed by atoms with van der Waals surface area (Å²) in [5.41, 5.74) is 0. The first kappa shape index (κ1) is 12.7. The SMILES string of the molecule is CCC(=O)O[C@@H]1[C@H](C)O[C@H](OC)C[C@@H]1Cl. The van der Waals surface area contributed by atoms with Crippen molar-refractivity contribution >= 4 is 17.6 Å². The second-order valence-electron chi connectivity index (χ2n) is 3.57. The Morgan fingerprint density at radius 2 is 2.27 bits per heavy atom. The molecular formula is C10H17ClO4. The number of ether oxygens (including phenoxy) is 3. The summed E-state index contributed by atoms with van der Waals surface area (Å²) in [6, 6.07) is 0. The molecule has 0 saturated carbocycles. The molecule has 0 aromatic carbocycles. The van der Waals surface area contributed by atoms with E-state index in [-0.39, 0.29) is 29.8 Å². The van der Waals surface area contributed by atoms with Gasteiger partial charge in [0.2, 0.25) is 0 Å². The molecule has 88 valence electrons. The van der Waals surface area contributed by atoms with Gasteiger partial charge in [0.25, 0.3) is 0 Å². The number of halogens is 1. The molecule has 1 aliphatic heterocycles. The summed E-state index contributed by atoms with van der Waals surface area (Å²) in [4.78, 5) is 11.2. The fraction of sp³-hybridized carbons (Fsp3) is 0.900. The van der Waals surface area contributed by atoms with Gasteiger partial charge in [0, 0.05) is 20.0 Å². The molecule has 1 fully saturated rings. The van der Waals surface area contributed by atoms with Gasteiger partial charge in [-0.05, 0) is 6.92 Å². The van der Waals surface area contributed by atoms with Crippen LogP contribution in [0.2, 0.25) is 0 Å². The molecule has 0 radical (unpaired) electrons. The van der Waals surface area contributed by atoms with Crippen LogP contribution in [-0.2, 0) is 19.0 Å². The van der Waals surface area contributed by atoms with E-state index in [9.17, 15) is 4.79 Å². The Labute approximate surface area is 94.8 Å². The molecule has 0 bridgehead atoms. The monoisotopic (exact) mass is 236 g/mol. The summed E-state index contributed by atoms with van der Waals surface area (Å²) in [6.45, 7) is 3.58. The summed E-state index contributed by atoms with van der Waals surface area (Å²) in [6.07, 6.45) is -0.0452. The topological polar surface area (TPSA) is 44.8 Å². The van der Waals surface area contributed by atoms with Gasteiger partial charge >= 0.3 is 5.97 Å². The van der Waals surface area contributed by atoms with Gasteiger partial charge in [0.05, 0.1) is 11.5 Å². The lowest BCUT2D eigenvalue weighted by molar-refractivity contribution is -0.214. The minimum absolute atomic E-state index is 0.235. The molecule has 4 atom stereocenters. The molecule has 0 unspecified atom stereocenters. The highest BCUT2D eigenvalue weighted by atomic mass is 35.5. The van der Waals surface area contributed by atoms with E-state index in [2.05, 4.69) is 0 Å². The van der Waals surface area contributed by atoms with E-state index < -0.39 is 0 Å². The van der Waals surface area contributed by atoms with Crippen LogP contribution in [0.4, 0.5) is 0 Å². The predicted molar refractivity (Wildman–Crippen MR) is 55.8 cm³/mol. The van der Waals surface area contributed by atoms with Crippen LogP contribution in [0.15, 0.2) is 0 Å². The molecule has 1 aliphatic rings. The van der Waals surface area contributed by atoms with Gasteiger partial charge in [0.15, 0.2) is 6.29 Å². The number of rotatable bonds is 3. The van der Waals surface area contributed by atoms with Crippen LogP contribution in [-0.4, -0.2) is 37.0 Å². The molecule has 0 spiro atoms. The van der Waals surface area contributed by atoms with Gasteiger partial charge < -0.3 is 14.2 Å². The Morgan fingerprint density at radius 3 is 2.73 bits per heavy atom. The highest BCUT2D eigenvalue weighted by Gasteiger charge is 2.37. The van der Waals surface area contributed by atoms with E-state index in [1.165, 1.54) is 0 Å². The van der Waals surface area contributed by atoms with E-state index in [0.29, 0.717) is 12.8 Å². The van der Waals surface area contributed by atoms with Crippen LogP contribution in [0.5, 0.6) is 0 Å². The van der Waals surface area contributed by atoms with Crippen molar-refractivity contribution in [3.63, 3.8) is 0 Å². The molecule has 0 amide bonds. The van der Waals surface area contributed by atoms with Gasteiger partial charge in [-0.15, -0.1) is 11.6 Å². The van der Waals surface area contributed by atoms with E-state index in [0.717, 1.165) is 0 Å². The van der Waals surface area contributed by atoms with Gasteiger partial charge in [-0.25, -0.2) is 0 Å². The number of methoxy groups -OCH3 is 1. The van der Waals surface area contributed by atoms with Gasteiger partial charge in [-0.1, -0.05) is 6.92 Å². The third-order valence-electron chi connectivity index (χ3n) is 2.42. The van der Waals surface area contributed by atoms with Crippen LogP contribution >= 0.6 is 11.6 Å². The van der Waals surface area contributed by atoms with Crippen LogP contribution in [0.25, 0.3) is 0 Å². The molecule has 4 nitrogen and oxygen atoms in total. The molecular weight excluding hydrogens is 220 g/mol. The molecule has 0 aromatic rings. The Balaban J connectivity index is 2.54. The van der Waals surface area contributed by atoms with E-state index >= 15 is 0 Å². The second kappa shape index (κ2) is 5.68. The second-order valence-corrected chi connectivity index (χ2v) is 4.13. The summed E-state index contributed by atoms with van der Waals surface area (Å²) in [5, 5.41) is -0.255. The van der Waals surface area contributed by atoms with Crippen LogP contribution in [0.3, 0.4) is 0 Å². The minimum Gasteiger partial charge on any atom is -0.458 e. The van der Waals surface area contributed by atoms with Crippen molar-refractivity contribution < 1.29 is 19.0 Å². The molecule has 0 N–H and O–H groups in total. The van der Waals surface area contributed by atoms with Crippen LogP contribution in [0, 0.1) is 0 Å². The predicted octanol–water partition coefficient (Wildman–Crippen LogP) is 1.70. The number of alkyl halides is 1. The third-order valence-corrected chi connectivity index (χ3v) is 2.85. The van der Waals surface area contributed by atoms with Gasteiger partial charge in [-0.3, -0.25) is 4.79 Å². The normalized spacial score (nSPS) is 36.3. The zero-order valence-corrected chi connectivity index (χ0v) is 9.99. The lowest BCUT2D eigenvalue weighted by atomic mass is 10.1. The third kappa shape index (κ3) is 3.33. The average Bonchev–Trinajstić information content (AvgIpc) is 2.22. The van der Waals surface area contributed by atoms with E-state index in [1.54, 1.807) is 14.0 Å². The Hall–Kier alpha value is -0.320. The maximum absolute atomic E-state index is 11.2. The molecule has 1 rings (SSSR count). The molecule has 1 heterocycles. The first-order valence-corrected chi connectivity index (χ1v) is 5.54. The standard InChI is InChI=1S/C10H17ClO4/c1-4-8(12)15-10-6(2)14-9(13-3)5-7(10)11/h6-7,9-10H,4-5H2,1-3H3/t6-,7-,9-,10+/m0/s1. The average molecular weight is 237 g/mol. The summed E-state index contributed by atoms with van der Waals surface area (Å²) < 4.78 is 15.8. The highest BCUT2D eigenvalue weighted by Crippen LogP contribution is 2.27. The lowest BCUT2D eigenvalue weighted by Crippen LogP contribution is -2.47. The quantitative estimate of drug-likeness (QED) is 0.553. The Bertz CT molecular complexity index is 209. The number of hydrogen-bond donors (Lipinski definition) is 0. The maximum atomic E-state index is 11.2. The fourth-order valence-electron chi connectivity index (χ4n) is 1.54. The number of carbonyl (C=O) groups is 1. The zero-order chi connectivity index (χ0) is 11.4. The number of esters is 1. The first-order valence-electron chi connectivity index (χ1n) is 5.10. The maximum Gasteiger partial charge on any atom is 0.305 e. The summed E-state index contributed by atoms with van der Waals surface area (Å²) in [7, 11) is 1.57. The zero-order valence-electron chi connectivity index (χ0n) is 9.23. The first-order chi connectivity index (χ1) is 7.08. The van der Waals surface area contributed by atoms with E-state index in [1.807, 2.05) is 6.92 Å². The summed E-state index contributed by atoms with van der Waals surface area (Å²) >= 11 is 6.11. The largest absolute Gasteiger partial charge is 0.458 e. The van der Waals surface area contributed by atoms with Crippen molar-refractivity contribution in [1.29, 1.82) is 0 Å². The van der Waals surface area contributed by atoms with E-state index in [4.69, 9.17) is 25.8 Å². The Morgan fingerprint density at radius 1 is 1.60 bits per heavy atom. The molecule has 15 heavy (non-hydrogen) atoms. The van der Waals surface area contributed by atoms with Gasteiger partial charge in [-0.2, -0.15) is 0 Å². The van der Waals surface area contributed by atoms with Crippen molar-refractivity contribution in [3.8, 4) is 0 Å². The van der Waals surface area contributed by atoms with Gasteiger partial charge in [0.1, 0.15) is 6.10 Å². The minimum atomic E-state index is -0.384. The van der Waals surface area contributed by atoms with Crippen molar-refractivity contribution in [2.75, 3.05) is 7.11 Å². The number of carbonyl (C=O) groups excluding carboxylic acids is 1.